The van der Waals surface area contributed by atoms with Crippen LogP contribution in [0.2, 0.25) is 0 Å². The molecule has 0 atom stereocenters. The molecule has 0 spiro atoms. The molecule has 0 aliphatic carbocycles. The monoisotopic (exact) mass is 313 g/mol. The molecule has 0 fully saturated rings. The van der Waals surface area contributed by atoms with Crippen molar-refractivity contribution in [3.63, 3.8) is 0 Å². The van der Waals surface area contributed by atoms with Gasteiger partial charge < -0.3 is 14.7 Å². The van der Waals surface area contributed by atoms with Gasteiger partial charge in [0.05, 0.1) is 11.3 Å². The molecule has 0 aromatic carbocycles. The first-order chi connectivity index (χ1) is 11.0. The summed E-state index contributed by atoms with van der Waals surface area (Å²) < 4.78 is 1.94. The maximum absolute atomic E-state index is 11.9. The standard InChI is InChI=1S/C16H17N3O2.C2H6/c1-4-12-13(18-16(21)9(2)14(12)20)11-7-10-5-6-19(3)15(10)17-8-11;1-2/h5-8H,4H2,1-3H3,(H2,18,20,21);1-2H3. The largest absolute Gasteiger partial charge is 0.507 e. The Kier molecular flexibility index (Phi) is 4.89. The van der Waals surface area contributed by atoms with Crippen molar-refractivity contribution >= 4 is 11.0 Å². The number of nitrogens with zero attached hydrogens (tertiary/aromatic N) is 2. The van der Waals surface area contributed by atoms with Gasteiger partial charge >= 0.3 is 0 Å². The molecular weight excluding hydrogens is 290 g/mol. The average Bonchev–Trinajstić information content (AvgIpc) is 2.95. The maximum atomic E-state index is 11.9. The lowest BCUT2D eigenvalue weighted by Gasteiger charge is -2.11. The molecule has 0 aliphatic rings. The first-order valence-electron chi connectivity index (χ1n) is 7.89. The lowest BCUT2D eigenvalue weighted by atomic mass is 10.0. The third kappa shape index (κ3) is 2.86. The fraction of sp³-hybridized carbons (Fsp3) is 0.333. The number of pyridine rings is 2. The van der Waals surface area contributed by atoms with Gasteiger partial charge in [-0.2, -0.15) is 0 Å². The fourth-order valence-corrected chi connectivity index (χ4v) is 2.62. The van der Waals surface area contributed by atoms with Crippen LogP contribution in [-0.2, 0) is 13.5 Å². The molecule has 0 aliphatic heterocycles. The highest BCUT2D eigenvalue weighted by Gasteiger charge is 2.15. The predicted molar refractivity (Wildman–Crippen MR) is 93.9 cm³/mol. The zero-order valence-corrected chi connectivity index (χ0v) is 14.3. The van der Waals surface area contributed by atoms with Gasteiger partial charge in [0.2, 0.25) is 0 Å². The van der Waals surface area contributed by atoms with E-state index in [4.69, 9.17) is 0 Å². The Morgan fingerprint density at radius 2 is 2.04 bits per heavy atom. The minimum Gasteiger partial charge on any atom is -0.507 e. The van der Waals surface area contributed by atoms with Gasteiger partial charge in [-0.1, -0.05) is 20.8 Å². The van der Waals surface area contributed by atoms with Crippen molar-refractivity contribution in [1.82, 2.24) is 14.5 Å². The number of nitrogens with one attached hydrogen (secondary N) is 1. The van der Waals surface area contributed by atoms with Gasteiger partial charge in [0, 0.05) is 36.0 Å². The molecule has 3 heterocycles. The van der Waals surface area contributed by atoms with Crippen molar-refractivity contribution in [3.8, 4) is 17.0 Å². The first-order valence-corrected chi connectivity index (χ1v) is 7.89. The van der Waals surface area contributed by atoms with Crippen LogP contribution in [0.5, 0.6) is 5.75 Å². The van der Waals surface area contributed by atoms with E-state index >= 15 is 0 Å². The number of H-pyrrole nitrogens is 1. The zero-order valence-electron chi connectivity index (χ0n) is 14.3. The summed E-state index contributed by atoms with van der Waals surface area (Å²) in [4.78, 5) is 19.2. The molecule has 0 saturated heterocycles. The third-order valence-electron chi connectivity index (χ3n) is 3.87. The smallest absolute Gasteiger partial charge is 0.255 e. The quantitative estimate of drug-likeness (QED) is 0.760. The van der Waals surface area contributed by atoms with Gasteiger partial charge in [-0.15, -0.1) is 0 Å². The van der Waals surface area contributed by atoms with Crippen molar-refractivity contribution in [2.75, 3.05) is 0 Å². The third-order valence-corrected chi connectivity index (χ3v) is 3.87. The number of hydrogen-bond acceptors (Lipinski definition) is 3. The molecule has 0 unspecified atom stereocenters. The molecule has 5 heteroatoms. The van der Waals surface area contributed by atoms with Crippen molar-refractivity contribution in [2.24, 2.45) is 7.05 Å². The Bertz CT molecular complexity index is 891. The summed E-state index contributed by atoms with van der Waals surface area (Å²) in [5.41, 5.74) is 3.15. The van der Waals surface area contributed by atoms with Crippen molar-refractivity contribution < 1.29 is 5.11 Å². The molecule has 5 nitrogen and oxygen atoms in total. The molecule has 0 amide bonds. The maximum Gasteiger partial charge on any atom is 0.255 e. The number of aromatic amines is 1. The molecule has 3 aromatic rings. The summed E-state index contributed by atoms with van der Waals surface area (Å²) in [5, 5.41) is 11.2. The summed E-state index contributed by atoms with van der Waals surface area (Å²) in [6.45, 7) is 7.57. The zero-order chi connectivity index (χ0) is 17.1. The van der Waals surface area contributed by atoms with E-state index in [0.29, 0.717) is 17.7 Å². The SMILES string of the molecule is CC.CCc1c(-c2cnc3c(ccn3C)c2)[nH]c(=O)c(C)c1O. The molecule has 0 radical (unpaired) electrons. The first kappa shape index (κ1) is 16.8. The average molecular weight is 313 g/mol. The second-order valence-electron chi connectivity index (χ2n) is 5.20. The number of fused-ring (bicyclic) bond motifs is 1. The highest BCUT2D eigenvalue weighted by Crippen LogP contribution is 2.30. The van der Waals surface area contributed by atoms with Crippen molar-refractivity contribution in [1.29, 1.82) is 0 Å². The van der Waals surface area contributed by atoms with E-state index in [1.165, 1.54) is 0 Å². The summed E-state index contributed by atoms with van der Waals surface area (Å²) in [6.07, 6.45) is 4.30. The molecule has 0 saturated carbocycles. The van der Waals surface area contributed by atoms with Gasteiger partial charge in [0.25, 0.3) is 5.56 Å². The van der Waals surface area contributed by atoms with E-state index in [-0.39, 0.29) is 11.3 Å². The summed E-state index contributed by atoms with van der Waals surface area (Å²) >= 11 is 0. The fourth-order valence-electron chi connectivity index (χ4n) is 2.62. The number of hydrogen-bond donors (Lipinski definition) is 2. The summed E-state index contributed by atoms with van der Waals surface area (Å²) in [5.74, 6) is 0.0735. The lowest BCUT2D eigenvalue weighted by molar-refractivity contribution is 0.463. The topological polar surface area (TPSA) is 70.9 Å². The minimum atomic E-state index is -0.271. The number of aryl methyl sites for hydroxylation is 1. The second-order valence-corrected chi connectivity index (χ2v) is 5.20. The Morgan fingerprint density at radius 1 is 1.35 bits per heavy atom. The van der Waals surface area contributed by atoms with E-state index in [1.54, 1.807) is 13.1 Å². The molecule has 0 bridgehead atoms. The predicted octanol–water partition coefficient (Wildman–Crippen LogP) is 3.53. The van der Waals surface area contributed by atoms with Gasteiger partial charge in [-0.3, -0.25) is 4.79 Å². The van der Waals surface area contributed by atoms with Crippen LogP contribution in [0.25, 0.3) is 22.3 Å². The van der Waals surface area contributed by atoms with Crippen LogP contribution in [0.15, 0.2) is 29.3 Å². The van der Waals surface area contributed by atoms with Crippen LogP contribution in [-0.4, -0.2) is 19.6 Å². The lowest BCUT2D eigenvalue weighted by Crippen LogP contribution is -2.13. The van der Waals surface area contributed by atoms with E-state index in [0.717, 1.165) is 22.2 Å². The van der Waals surface area contributed by atoms with E-state index in [1.807, 2.05) is 50.7 Å². The second kappa shape index (κ2) is 6.69. The van der Waals surface area contributed by atoms with Crippen LogP contribution in [0.4, 0.5) is 0 Å². The highest BCUT2D eigenvalue weighted by atomic mass is 16.3. The number of aromatic nitrogens is 3. The van der Waals surface area contributed by atoms with Crippen molar-refractivity contribution in [3.05, 3.63) is 46.0 Å². The van der Waals surface area contributed by atoms with Crippen LogP contribution in [0, 0.1) is 6.92 Å². The Balaban J connectivity index is 0.000000924. The van der Waals surface area contributed by atoms with Gasteiger partial charge in [0.15, 0.2) is 0 Å². The van der Waals surface area contributed by atoms with Gasteiger partial charge in [0.1, 0.15) is 11.4 Å². The van der Waals surface area contributed by atoms with Gasteiger partial charge in [-0.25, -0.2) is 4.98 Å². The highest BCUT2D eigenvalue weighted by molar-refractivity contribution is 5.82. The van der Waals surface area contributed by atoms with E-state index in [9.17, 15) is 9.90 Å². The van der Waals surface area contributed by atoms with E-state index < -0.39 is 0 Å². The van der Waals surface area contributed by atoms with Gasteiger partial charge in [-0.05, 0) is 25.5 Å². The van der Waals surface area contributed by atoms with Crippen LogP contribution in [0.1, 0.15) is 31.9 Å². The number of aromatic hydroxyl groups is 1. The normalized spacial score (nSPS) is 10.5. The molecule has 3 rings (SSSR count). The van der Waals surface area contributed by atoms with Crippen LogP contribution < -0.4 is 5.56 Å². The minimum absolute atomic E-state index is 0.0735. The van der Waals surface area contributed by atoms with Crippen LogP contribution >= 0.6 is 0 Å². The summed E-state index contributed by atoms with van der Waals surface area (Å²) in [7, 11) is 1.94. The molecular formula is C18H23N3O2. The Hall–Kier alpha value is -2.56. The van der Waals surface area contributed by atoms with E-state index in [2.05, 4.69) is 9.97 Å². The van der Waals surface area contributed by atoms with Crippen molar-refractivity contribution in [2.45, 2.75) is 34.1 Å². The number of rotatable bonds is 2. The molecule has 2 N–H and O–H groups in total. The molecule has 3 aromatic heterocycles. The molecule has 23 heavy (non-hydrogen) atoms. The van der Waals surface area contributed by atoms with Crippen LogP contribution in [0.3, 0.4) is 0 Å². The Labute approximate surface area is 135 Å². The summed E-state index contributed by atoms with van der Waals surface area (Å²) in [6, 6.07) is 3.95. The molecule has 122 valence electrons. The Morgan fingerprint density at radius 3 is 2.70 bits per heavy atom.